The molecule has 2 heterocycles. The van der Waals surface area contributed by atoms with Crippen LogP contribution in [0.4, 0.5) is 0 Å². The van der Waals surface area contributed by atoms with E-state index in [0.717, 1.165) is 24.2 Å². The summed E-state index contributed by atoms with van der Waals surface area (Å²) in [6.45, 7) is 0.983. The van der Waals surface area contributed by atoms with Crippen LogP contribution in [0.5, 0.6) is 11.6 Å². The molecular weight excluding hydrogens is 168 g/mol. The summed E-state index contributed by atoms with van der Waals surface area (Å²) < 4.78 is 10.3. The average molecular weight is 180 g/mol. The molecule has 0 aromatic carbocycles. The minimum atomic E-state index is 0.280. The summed E-state index contributed by atoms with van der Waals surface area (Å²) in [4.78, 5) is 4.12. The lowest BCUT2D eigenvalue weighted by molar-refractivity contribution is 0.171. The van der Waals surface area contributed by atoms with E-state index in [1.54, 1.807) is 0 Å². The number of ether oxygens (including phenoxy) is 2. The third kappa shape index (κ3) is 1.72. The van der Waals surface area contributed by atoms with Gasteiger partial charge in [0.15, 0.2) is 5.75 Å². The Morgan fingerprint density at radius 2 is 2.38 bits per heavy atom. The van der Waals surface area contributed by atoms with Crippen molar-refractivity contribution in [3.8, 4) is 11.6 Å². The molecule has 1 aliphatic heterocycles. The quantitative estimate of drug-likeness (QED) is 0.744. The van der Waals surface area contributed by atoms with Gasteiger partial charge in [-0.15, -0.1) is 0 Å². The monoisotopic (exact) mass is 180 g/mol. The van der Waals surface area contributed by atoms with Gasteiger partial charge in [-0.25, -0.2) is 4.98 Å². The zero-order valence-corrected chi connectivity index (χ0v) is 7.32. The number of hydrogen-bond donors (Lipinski definition) is 1. The van der Waals surface area contributed by atoms with E-state index in [-0.39, 0.29) is 6.79 Å². The van der Waals surface area contributed by atoms with Gasteiger partial charge in [-0.05, 0) is 31.0 Å². The van der Waals surface area contributed by atoms with Crippen molar-refractivity contribution >= 4 is 0 Å². The Hall–Kier alpha value is -1.29. The molecule has 1 aliphatic rings. The molecule has 0 radical (unpaired) electrons. The normalized spacial score (nSPS) is 13.3. The molecule has 2 N–H and O–H groups in total. The van der Waals surface area contributed by atoms with Crippen molar-refractivity contribution in [2.24, 2.45) is 5.73 Å². The van der Waals surface area contributed by atoms with E-state index >= 15 is 0 Å². The number of fused-ring (bicyclic) bond motifs is 1. The molecule has 1 aromatic heterocycles. The lowest BCUT2D eigenvalue weighted by Gasteiger charge is -2.00. The molecule has 0 amide bonds. The SMILES string of the molecule is NCCCc1cnc2c(c1)OCO2. The third-order valence-corrected chi connectivity index (χ3v) is 1.95. The van der Waals surface area contributed by atoms with E-state index in [4.69, 9.17) is 15.2 Å². The number of aryl methyl sites for hydroxylation is 1. The topological polar surface area (TPSA) is 57.4 Å². The van der Waals surface area contributed by atoms with Crippen LogP contribution in [0, 0.1) is 0 Å². The second-order valence-corrected chi connectivity index (χ2v) is 2.95. The summed E-state index contributed by atoms with van der Waals surface area (Å²) in [5, 5.41) is 0. The molecule has 0 saturated heterocycles. The van der Waals surface area contributed by atoms with E-state index in [0.29, 0.717) is 12.4 Å². The number of nitrogens with two attached hydrogens (primary N) is 1. The molecule has 0 unspecified atom stereocenters. The van der Waals surface area contributed by atoms with E-state index in [1.165, 1.54) is 0 Å². The number of pyridine rings is 1. The van der Waals surface area contributed by atoms with E-state index < -0.39 is 0 Å². The van der Waals surface area contributed by atoms with Crippen LogP contribution >= 0.6 is 0 Å². The number of aromatic nitrogens is 1. The van der Waals surface area contributed by atoms with Gasteiger partial charge in [-0.1, -0.05) is 0 Å². The second-order valence-electron chi connectivity index (χ2n) is 2.95. The Labute approximate surface area is 76.7 Å². The highest BCUT2D eigenvalue weighted by Crippen LogP contribution is 2.29. The molecule has 4 nitrogen and oxygen atoms in total. The van der Waals surface area contributed by atoms with Crippen LogP contribution in [0.3, 0.4) is 0 Å². The van der Waals surface area contributed by atoms with Crippen LogP contribution < -0.4 is 15.2 Å². The number of rotatable bonds is 3. The standard InChI is InChI=1S/C9H12N2O2/c10-3-1-2-7-4-8-9(11-5-7)13-6-12-8/h4-5H,1-3,6,10H2. The molecule has 1 aromatic rings. The maximum atomic E-state index is 5.41. The van der Waals surface area contributed by atoms with Gasteiger partial charge in [0.1, 0.15) is 0 Å². The summed E-state index contributed by atoms with van der Waals surface area (Å²) in [5.41, 5.74) is 6.56. The fourth-order valence-corrected chi connectivity index (χ4v) is 1.28. The highest BCUT2D eigenvalue weighted by Gasteiger charge is 2.14. The zero-order chi connectivity index (χ0) is 9.10. The van der Waals surface area contributed by atoms with Crippen molar-refractivity contribution in [2.45, 2.75) is 12.8 Å². The summed E-state index contributed by atoms with van der Waals surface area (Å²) in [5.74, 6) is 1.34. The summed E-state index contributed by atoms with van der Waals surface area (Å²) >= 11 is 0. The smallest absolute Gasteiger partial charge is 0.260 e. The highest BCUT2D eigenvalue weighted by molar-refractivity contribution is 5.38. The predicted molar refractivity (Wildman–Crippen MR) is 47.7 cm³/mol. The first-order valence-electron chi connectivity index (χ1n) is 4.35. The maximum absolute atomic E-state index is 5.41. The van der Waals surface area contributed by atoms with Gasteiger partial charge in [-0.3, -0.25) is 0 Å². The predicted octanol–water partition coefficient (Wildman–Crippen LogP) is 0.702. The molecule has 0 spiro atoms. The van der Waals surface area contributed by atoms with E-state index in [9.17, 15) is 0 Å². The Morgan fingerprint density at radius 3 is 3.23 bits per heavy atom. The van der Waals surface area contributed by atoms with Crippen molar-refractivity contribution in [3.05, 3.63) is 17.8 Å². The fourth-order valence-electron chi connectivity index (χ4n) is 1.28. The molecule has 0 atom stereocenters. The maximum Gasteiger partial charge on any atom is 0.260 e. The zero-order valence-electron chi connectivity index (χ0n) is 7.32. The molecule has 0 bridgehead atoms. The Kier molecular flexibility index (Phi) is 2.31. The molecular formula is C9H12N2O2. The molecule has 0 aliphatic carbocycles. The Balaban J connectivity index is 2.12. The van der Waals surface area contributed by atoms with Gasteiger partial charge < -0.3 is 15.2 Å². The highest BCUT2D eigenvalue weighted by atomic mass is 16.7. The van der Waals surface area contributed by atoms with Crippen molar-refractivity contribution in [2.75, 3.05) is 13.3 Å². The van der Waals surface area contributed by atoms with Gasteiger partial charge in [0.2, 0.25) is 6.79 Å². The first-order chi connectivity index (χ1) is 6.40. The Bertz CT molecular complexity index is 302. The van der Waals surface area contributed by atoms with Gasteiger partial charge in [0, 0.05) is 6.20 Å². The summed E-state index contributed by atoms with van der Waals surface area (Å²) in [7, 11) is 0. The van der Waals surface area contributed by atoms with Crippen LogP contribution in [0.1, 0.15) is 12.0 Å². The Morgan fingerprint density at radius 1 is 1.46 bits per heavy atom. The van der Waals surface area contributed by atoms with Crippen LogP contribution in [0.15, 0.2) is 12.3 Å². The number of hydrogen-bond acceptors (Lipinski definition) is 4. The molecule has 13 heavy (non-hydrogen) atoms. The lowest BCUT2D eigenvalue weighted by Crippen LogP contribution is -2.00. The average Bonchev–Trinajstić information content (AvgIpc) is 2.61. The number of nitrogens with zero attached hydrogens (tertiary/aromatic N) is 1. The van der Waals surface area contributed by atoms with Crippen LogP contribution in [-0.2, 0) is 6.42 Å². The fraction of sp³-hybridized carbons (Fsp3) is 0.444. The summed E-state index contributed by atoms with van der Waals surface area (Å²) in [6.07, 6.45) is 3.73. The van der Waals surface area contributed by atoms with Crippen LogP contribution in [-0.4, -0.2) is 18.3 Å². The molecule has 4 heteroatoms. The van der Waals surface area contributed by atoms with Crippen LogP contribution in [0.2, 0.25) is 0 Å². The van der Waals surface area contributed by atoms with Gasteiger partial charge >= 0.3 is 0 Å². The third-order valence-electron chi connectivity index (χ3n) is 1.95. The first kappa shape index (κ1) is 8.31. The van der Waals surface area contributed by atoms with E-state index in [1.807, 2.05) is 12.3 Å². The van der Waals surface area contributed by atoms with Crippen molar-refractivity contribution in [1.29, 1.82) is 0 Å². The molecule has 2 rings (SSSR count). The molecule has 70 valence electrons. The minimum Gasteiger partial charge on any atom is -0.452 e. The lowest BCUT2D eigenvalue weighted by atomic mass is 10.1. The van der Waals surface area contributed by atoms with E-state index in [2.05, 4.69) is 4.98 Å². The molecule has 0 fully saturated rings. The van der Waals surface area contributed by atoms with Gasteiger partial charge in [0.25, 0.3) is 5.88 Å². The van der Waals surface area contributed by atoms with Crippen LogP contribution in [0.25, 0.3) is 0 Å². The van der Waals surface area contributed by atoms with Crippen molar-refractivity contribution < 1.29 is 9.47 Å². The second kappa shape index (κ2) is 3.62. The minimum absolute atomic E-state index is 0.280. The largest absolute Gasteiger partial charge is 0.452 e. The van der Waals surface area contributed by atoms with Gasteiger partial charge in [-0.2, -0.15) is 0 Å². The summed E-state index contributed by atoms with van der Waals surface area (Å²) in [6, 6.07) is 1.96. The van der Waals surface area contributed by atoms with Crippen molar-refractivity contribution in [3.63, 3.8) is 0 Å². The van der Waals surface area contributed by atoms with Gasteiger partial charge in [0.05, 0.1) is 0 Å². The first-order valence-corrected chi connectivity index (χ1v) is 4.35. The van der Waals surface area contributed by atoms with Crippen molar-refractivity contribution in [1.82, 2.24) is 4.98 Å². The molecule has 0 saturated carbocycles.